The molecule has 0 spiro atoms. The van der Waals surface area contributed by atoms with Crippen LogP contribution in [0.15, 0.2) is 47.4 Å². The minimum Gasteiger partial charge on any atom is -0.397 e. The van der Waals surface area contributed by atoms with E-state index in [2.05, 4.69) is 5.32 Å². The van der Waals surface area contributed by atoms with Crippen molar-refractivity contribution in [3.8, 4) is 0 Å². The van der Waals surface area contributed by atoms with E-state index in [1.807, 2.05) is 6.07 Å². The Balaban J connectivity index is 2.08. The van der Waals surface area contributed by atoms with Crippen LogP contribution >= 0.6 is 23.2 Å². The summed E-state index contributed by atoms with van der Waals surface area (Å²) in [4.78, 5) is 12.5. The van der Waals surface area contributed by atoms with Crippen LogP contribution in [0.1, 0.15) is 0 Å². The summed E-state index contributed by atoms with van der Waals surface area (Å²) >= 11 is 11.8. The van der Waals surface area contributed by atoms with Gasteiger partial charge in [0.1, 0.15) is 5.75 Å². The summed E-state index contributed by atoms with van der Waals surface area (Å²) in [6, 6.07) is 11.7. The van der Waals surface area contributed by atoms with Gasteiger partial charge in [-0.1, -0.05) is 41.4 Å². The standard InChI is InChI=1S/C14H12Cl2N2O2S/c15-9-6-11(16)14(12(17)7-9)18-13(19)8-21(20)10-4-2-1-3-5-10/h1-7H,8,17H2,(H,18,19). The lowest BCUT2D eigenvalue weighted by Crippen LogP contribution is -2.20. The van der Waals surface area contributed by atoms with Crippen molar-refractivity contribution < 1.29 is 9.00 Å². The number of nitrogens with one attached hydrogen (secondary N) is 1. The Bertz CT molecular complexity index is 670. The number of nitrogens with two attached hydrogens (primary N) is 1. The van der Waals surface area contributed by atoms with Gasteiger partial charge in [0.25, 0.3) is 0 Å². The summed E-state index contributed by atoms with van der Waals surface area (Å²) in [6.45, 7) is 0. The van der Waals surface area contributed by atoms with Gasteiger partial charge in [0.2, 0.25) is 5.91 Å². The van der Waals surface area contributed by atoms with Crippen molar-refractivity contribution in [1.29, 1.82) is 0 Å². The summed E-state index contributed by atoms with van der Waals surface area (Å²) < 4.78 is 12.0. The molecule has 0 fully saturated rings. The second-order valence-electron chi connectivity index (χ2n) is 4.20. The van der Waals surface area contributed by atoms with Crippen molar-refractivity contribution in [3.63, 3.8) is 0 Å². The maximum Gasteiger partial charge on any atom is 0.237 e. The summed E-state index contributed by atoms with van der Waals surface area (Å²) in [5.41, 5.74) is 6.28. The minimum atomic E-state index is -1.43. The van der Waals surface area contributed by atoms with Crippen LogP contribution in [0.2, 0.25) is 10.0 Å². The molecule has 7 heteroatoms. The maximum atomic E-state index is 12.0. The van der Waals surface area contributed by atoms with Crippen LogP contribution in [-0.2, 0) is 15.6 Å². The number of amides is 1. The fraction of sp³-hybridized carbons (Fsp3) is 0.0714. The fourth-order valence-corrected chi connectivity index (χ4v) is 3.17. The number of hydrogen-bond acceptors (Lipinski definition) is 3. The number of rotatable bonds is 4. The highest BCUT2D eigenvalue weighted by molar-refractivity contribution is 7.85. The molecule has 1 atom stereocenters. The van der Waals surface area contributed by atoms with Gasteiger partial charge in [0.15, 0.2) is 0 Å². The van der Waals surface area contributed by atoms with Crippen LogP contribution in [0.25, 0.3) is 0 Å². The van der Waals surface area contributed by atoms with Crippen LogP contribution in [-0.4, -0.2) is 15.9 Å². The van der Waals surface area contributed by atoms with Gasteiger partial charge in [-0.3, -0.25) is 9.00 Å². The molecule has 0 aliphatic heterocycles. The van der Waals surface area contributed by atoms with Gasteiger partial charge in [-0.2, -0.15) is 0 Å². The molecule has 0 saturated heterocycles. The van der Waals surface area contributed by atoms with Crippen molar-refractivity contribution in [1.82, 2.24) is 0 Å². The Morgan fingerprint density at radius 2 is 1.86 bits per heavy atom. The first-order valence-electron chi connectivity index (χ1n) is 5.95. The smallest absolute Gasteiger partial charge is 0.237 e. The second-order valence-corrected chi connectivity index (χ2v) is 6.50. The molecule has 0 aliphatic carbocycles. The number of anilines is 2. The molecule has 110 valence electrons. The molecule has 4 nitrogen and oxygen atoms in total. The molecule has 2 aromatic rings. The molecule has 0 aliphatic rings. The van der Waals surface area contributed by atoms with E-state index in [4.69, 9.17) is 28.9 Å². The predicted molar refractivity (Wildman–Crippen MR) is 87.2 cm³/mol. The van der Waals surface area contributed by atoms with Crippen LogP contribution < -0.4 is 11.1 Å². The van der Waals surface area contributed by atoms with E-state index in [0.717, 1.165) is 0 Å². The summed E-state index contributed by atoms with van der Waals surface area (Å²) in [5.74, 6) is -0.615. The van der Waals surface area contributed by atoms with Crippen molar-refractivity contribution >= 4 is 51.3 Å². The molecular formula is C14H12Cl2N2O2S. The molecule has 0 radical (unpaired) electrons. The Labute approximate surface area is 134 Å². The molecule has 2 aromatic carbocycles. The quantitative estimate of drug-likeness (QED) is 0.837. The highest BCUT2D eigenvalue weighted by Gasteiger charge is 2.14. The Hall–Kier alpha value is -1.56. The Morgan fingerprint density at radius 1 is 1.19 bits per heavy atom. The number of hydrogen-bond donors (Lipinski definition) is 2. The third-order valence-electron chi connectivity index (χ3n) is 2.62. The molecule has 1 amide bonds. The number of carbonyl (C=O) groups is 1. The van der Waals surface area contributed by atoms with E-state index in [-0.39, 0.29) is 22.2 Å². The van der Waals surface area contributed by atoms with Gasteiger partial charge in [-0.15, -0.1) is 0 Å². The Morgan fingerprint density at radius 3 is 2.48 bits per heavy atom. The molecule has 21 heavy (non-hydrogen) atoms. The van der Waals surface area contributed by atoms with E-state index in [1.165, 1.54) is 12.1 Å². The summed E-state index contributed by atoms with van der Waals surface area (Å²) in [7, 11) is -1.43. The van der Waals surface area contributed by atoms with Crippen LogP contribution in [0.3, 0.4) is 0 Å². The average molecular weight is 343 g/mol. The first-order chi connectivity index (χ1) is 9.97. The molecule has 1 unspecified atom stereocenters. The normalized spacial score (nSPS) is 11.9. The third-order valence-corrected chi connectivity index (χ3v) is 4.46. The highest BCUT2D eigenvalue weighted by Crippen LogP contribution is 2.31. The van der Waals surface area contributed by atoms with Gasteiger partial charge in [-0.05, 0) is 24.3 Å². The average Bonchev–Trinajstić information content (AvgIpc) is 2.43. The number of benzene rings is 2. The molecule has 0 aromatic heterocycles. The van der Waals surface area contributed by atoms with Gasteiger partial charge in [-0.25, -0.2) is 0 Å². The van der Waals surface area contributed by atoms with Crippen LogP contribution in [0, 0.1) is 0 Å². The fourth-order valence-electron chi connectivity index (χ4n) is 1.68. The molecular weight excluding hydrogens is 331 g/mol. The van der Waals surface area contributed by atoms with Crippen LogP contribution in [0.4, 0.5) is 11.4 Å². The first kappa shape index (κ1) is 15.8. The second kappa shape index (κ2) is 6.93. The predicted octanol–water partition coefficient (Wildman–Crippen LogP) is 3.32. The zero-order valence-electron chi connectivity index (χ0n) is 10.8. The van der Waals surface area contributed by atoms with Crippen molar-refractivity contribution in [2.75, 3.05) is 16.8 Å². The minimum absolute atomic E-state index is 0.178. The number of carbonyl (C=O) groups excluding carboxylic acids is 1. The molecule has 0 saturated carbocycles. The zero-order valence-corrected chi connectivity index (χ0v) is 13.1. The van der Waals surface area contributed by atoms with E-state index in [1.54, 1.807) is 24.3 Å². The van der Waals surface area contributed by atoms with Gasteiger partial charge in [0.05, 0.1) is 27.2 Å². The number of nitrogen functional groups attached to an aromatic ring is 1. The monoisotopic (exact) mass is 342 g/mol. The molecule has 0 bridgehead atoms. The number of halogens is 2. The highest BCUT2D eigenvalue weighted by atomic mass is 35.5. The largest absolute Gasteiger partial charge is 0.397 e. The topological polar surface area (TPSA) is 72.2 Å². The molecule has 3 N–H and O–H groups in total. The van der Waals surface area contributed by atoms with E-state index in [0.29, 0.717) is 9.92 Å². The van der Waals surface area contributed by atoms with Gasteiger partial charge in [0, 0.05) is 9.92 Å². The van der Waals surface area contributed by atoms with E-state index in [9.17, 15) is 9.00 Å². The van der Waals surface area contributed by atoms with Crippen LogP contribution in [0.5, 0.6) is 0 Å². The van der Waals surface area contributed by atoms with Gasteiger partial charge < -0.3 is 11.1 Å². The first-order valence-corrected chi connectivity index (χ1v) is 8.02. The Kier molecular flexibility index (Phi) is 5.22. The lowest BCUT2D eigenvalue weighted by molar-refractivity contribution is -0.113. The van der Waals surface area contributed by atoms with Crippen molar-refractivity contribution in [2.24, 2.45) is 0 Å². The lowest BCUT2D eigenvalue weighted by Gasteiger charge is -2.10. The van der Waals surface area contributed by atoms with Gasteiger partial charge >= 0.3 is 0 Å². The maximum absolute atomic E-state index is 12.0. The van der Waals surface area contributed by atoms with E-state index >= 15 is 0 Å². The molecule has 2 rings (SSSR count). The third kappa shape index (κ3) is 4.20. The van der Waals surface area contributed by atoms with Crippen molar-refractivity contribution in [2.45, 2.75) is 4.90 Å². The lowest BCUT2D eigenvalue weighted by atomic mass is 10.2. The summed E-state index contributed by atoms with van der Waals surface area (Å²) in [5, 5.41) is 3.17. The zero-order chi connectivity index (χ0) is 15.4. The van der Waals surface area contributed by atoms with E-state index < -0.39 is 16.7 Å². The summed E-state index contributed by atoms with van der Waals surface area (Å²) in [6.07, 6.45) is 0. The SMILES string of the molecule is Nc1cc(Cl)cc(Cl)c1NC(=O)CS(=O)c1ccccc1. The molecule has 0 heterocycles. The van der Waals surface area contributed by atoms with Crippen molar-refractivity contribution in [3.05, 3.63) is 52.5 Å².